The van der Waals surface area contributed by atoms with E-state index in [4.69, 9.17) is 15.2 Å². The molecular formula is C29H35FN4O4. The van der Waals surface area contributed by atoms with Gasteiger partial charge >= 0.3 is 6.09 Å². The quantitative estimate of drug-likeness (QED) is 0.582. The number of nitrogens with two attached hydrogens (primary N) is 1. The van der Waals surface area contributed by atoms with Crippen LogP contribution in [0.25, 0.3) is 11.1 Å². The molecule has 8 nitrogen and oxygen atoms in total. The normalized spacial score (nSPS) is 18.8. The van der Waals surface area contributed by atoms with Crippen LogP contribution in [0.2, 0.25) is 0 Å². The van der Waals surface area contributed by atoms with Crippen LogP contribution in [-0.4, -0.2) is 65.7 Å². The summed E-state index contributed by atoms with van der Waals surface area (Å²) in [6.45, 7) is 5.36. The molecule has 2 aromatic rings. The maximum Gasteiger partial charge on any atom is 0.410 e. The van der Waals surface area contributed by atoms with Crippen molar-refractivity contribution >= 4 is 12.0 Å². The van der Waals surface area contributed by atoms with Crippen LogP contribution in [-0.2, 0) is 16.0 Å². The number of hydrogen-bond acceptors (Lipinski definition) is 6. The van der Waals surface area contributed by atoms with Gasteiger partial charge in [0.25, 0.3) is 0 Å². The number of nitrogens with zero attached hydrogens (tertiary/aromatic N) is 3. The highest BCUT2D eigenvalue weighted by molar-refractivity contribution is 5.83. The van der Waals surface area contributed by atoms with Crippen LogP contribution < -0.4 is 10.5 Å². The van der Waals surface area contributed by atoms with Gasteiger partial charge in [0, 0.05) is 32.5 Å². The molecule has 0 aromatic heterocycles. The zero-order chi connectivity index (χ0) is 27.2. The third-order valence-corrected chi connectivity index (χ3v) is 7.02. The van der Waals surface area contributed by atoms with E-state index in [0.29, 0.717) is 37.2 Å². The van der Waals surface area contributed by atoms with Gasteiger partial charge in [-0.2, -0.15) is 5.26 Å². The van der Waals surface area contributed by atoms with E-state index >= 15 is 0 Å². The summed E-state index contributed by atoms with van der Waals surface area (Å²) in [5.74, 6) is -0.0162. The molecule has 1 unspecified atom stereocenters. The summed E-state index contributed by atoms with van der Waals surface area (Å²) in [6.07, 6.45) is 2.53. The van der Waals surface area contributed by atoms with E-state index in [1.165, 1.54) is 11.0 Å². The van der Waals surface area contributed by atoms with E-state index in [2.05, 4.69) is 6.07 Å². The summed E-state index contributed by atoms with van der Waals surface area (Å²) in [5.41, 5.74) is 8.00. The Kier molecular flexibility index (Phi) is 8.85. The highest BCUT2D eigenvalue weighted by atomic mass is 19.1. The van der Waals surface area contributed by atoms with Gasteiger partial charge in [-0.25, -0.2) is 9.18 Å². The van der Waals surface area contributed by atoms with Crippen LogP contribution in [0.1, 0.15) is 45.1 Å². The van der Waals surface area contributed by atoms with Crippen molar-refractivity contribution in [1.29, 1.82) is 5.26 Å². The van der Waals surface area contributed by atoms with E-state index in [0.717, 1.165) is 30.6 Å². The fraction of sp³-hybridized carbons (Fsp3) is 0.483. The maximum atomic E-state index is 14.9. The highest BCUT2D eigenvalue weighted by Crippen LogP contribution is 2.27. The average Bonchev–Trinajstić information content (AvgIpc) is 3.39. The molecule has 0 bridgehead atoms. The number of rotatable bonds is 7. The third kappa shape index (κ3) is 6.62. The first-order valence-corrected chi connectivity index (χ1v) is 13.2. The van der Waals surface area contributed by atoms with Crippen molar-refractivity contribution in [2.24, 2.45) is 5.73 Å². The lowest BCUT2D eigenvalue weighted by Gasteiger charge is -2.32. The van der Waals surface area contributed by atoms with Gasteiger partial charge in [0.05, 0.1) is 18.2 Å². The van der Waals surface area contributed by atoms with E-state index in [-0.39, 0.29) is 30.6 Å². The van der Waals surface area contributed by atoms with Crippen LogP contribution in [0.4, 0.5) is 9.18 Å². The van der Waals surface area contributed by atoms with E-state index in [1.807, 2.05) is 44.2 Å². The molecule has 2 aliphatic rings. The summed E-state index contributed by atoms with van der Waals surface area (Å²) in [5, 5.41) is 9.22. The molecule has 2 atom stereocenters. The minimum Gasteiger partial charge on any atom is -0.490 e. The Bertz CT molecular complexity index is 1170. The monoisotopic (exact) mass is 522 g/mol. The fourth-order valence-electron chi connectivity index (χ4n) is 4.95. The Morgan fingerprint density at radius 1 is 1.08 bits per heavy atom. The number of amides is 2. The molecule has 2 heterocycles. The lowest BCUT2D eigenvalue weighted by Crippen LogP contribution is -2.46. The van der Waals surface area contributed by atoms with Crippen molar-refractivity contribution in [3.05, 3.63) is 53.8 Å². The molecule has 2 amide bonds. The molecule has 0 aliphatic carbocycles. The predicted molar refractivity (Wildman–Crippen MR) is 141 cm³/mol. The van der Waals surface area contributed by atoms with Crippen LogP contribution in [0, 0.1) is 17.1 Å². The van der Waals surface area contributed by atoms with Crippen LogP contribution >= 0.6 is 0 Å². The average molecular weight is 523 g/mol. The zero-order valence-corrected chi connectivity index (χ0v) is 21.9. The SMILES string of the molecule is CC(C)OC(=O)N1CCC(Oc2ccc(-c3ccc(CC(N)C(=O)N4CCC[C@H]4C#N)c(F)c3)cc2)CC1. The van der Waals surface area contributed by atoms with Crippen molar-refractivity contribution in [2.75, 3.05) is 19.6 Å². The smallest absolute Gasteiger partial charge is 0.410 e. The lowest BCUT2D eigenvalue weighted by molar-refractivity contribution is -0.132. The molecule has 38 heavy (non-hydrogen) atoms. The summed E-state index contributed by atoms with van der Waals surface area (Å²) in [4.78, 5) is 27.9. The Balaban J connectivity index is 1.31. The Morgan fingerprint density at radius 3 is 2.39 bits per heavy atom. The van der Waals surface area contributed by atoms with Gasteiger partial charge in [0.2, 0.25) is 5.91 Å². The second-order valence-electron chi connectivity index (χ2n) is 10.2. The van der Waals surface area contributed by atoms with Crippen LogP contribution in [0.5, 0.6) is 5.75 Å². The number of piperidine rings is 1. The zero-order valence-electron chi connectivity index (χ0n) is 21.9. The Labute approximate surface area is 223 Å². The Hall–Kier alpha value is -3.64. The number of likely N-dealkylation sites (tertiary alicyclic amines) is 2. The van der Waals surface area contributed by atoms with Gasteiger partial charge in [0.15, 0.2) is 0 Å². The number of hydrogen-bond donors (Lipinski definition) is 1. The number of nitriles is 1. The van der Waals surface area contributed by atoms with Crippen molar-refractivity contribution in [2.45, 2.75) is 70.2 Å². The van der Waals surface area contributed by atoms with Gasteiger partial charge in [0.1, 0.15) is 23.7 Å². The van der Waals surface area contributed by atoms with E-state index in [9.17, 15) is 19.2 Å². The topological polar surface area (TPSA) is 109 Å². The fourth-order valence-corrected chi connectivity index (χ4v) is 4.95. The van der Waals surface area contributed by atoms with Crippen molar-refractivity contribution in [3.63, 3.8) is 0 Å². The minimum absolute atomic E-state index is 0.0107. The van der Waals surface area contributed by atoms with E-state index in [1.54, 1.807) is 11.0 Å². The van der Waals surface area contributed by atoms with Gasteiger partial charge in [-0.05, 0) is 68.0 Å². The van der Waals surface area contributed by atoms with Crippen LogP contribution in [0.3, 0.4) is 0 Å². The third-order valence-electron chi connectivity index (χ3n) is 7.02. The molecule has 0 radical (unpaired) electrons. The van der Waals surface area contributed by atoms with Gasteiger partial charge in [-0.3, -0.25) is 4.79 Å². The van der Waals surface area contributed by atoms with E-state index < -0.39 is 17.9 Å². The first-order chi connectivity index (χ1) is 18.2. The molecular weight excluding hydrogens is 487 g/mol. The largest absolute Gasteiger partial charge is 0.490 e. The first kappa shape index (κ1) is 27.4. The van der Waals surface area contributed by atoms with Crippen LogP contribution in [0.15, 0.2) is 42.5 Å². The second-order valence-corrected chi connectivity index (χ2v) is 10.2. The molecule has 2 aliphatic heterocycles. The van der Waals surface area contributed by atoms with Gasteiger partial charge in [-0.1, -0.05) is 24.3 Å². The Morgan fingerprint density at radius 2 is 1.76 bits per heavy atom. The molecule has 2 N–H and O–H groups in total. The summed E-state index contributed by atoms with van der Waals surface area (Å²) >= 11 is 0. The summed E-state index contributed by atoms with van der Waals surface area (Å²) in [7, 11) is 0. The summed E-state index contributed by atoms with van der Waals surface area (Å²) < 4.78 is 26.3. The molecule has 4 rings (SSSR count). The number of ether oxygens (including phenoxy) is 2. The molecule has 2 saturated heterocycles. The highest BCUT2D eigenvalue weighted by Gasteiger charge is 2.32. The predicted octanol–water partition coefficient (Wildman–Crippen LogP) is 4.27. The number of benzene rings is 2. The molecule has 0 saturated carbocycles. The number of carbonyl (C=O) groups is 2. The standard InChI is InChI=1S/C29H35FN4O4/c1-19(2)37-29(36)33-14-11-25(12-15-33)38-24-9-7-20(8-10-24)21-5-6-22(26(30)16-21)17-27(32)28(35)34-13-3-4-23(34)18-31/h5-10,16,19,23,25,27H,3-4,11-15,17,32H2,1-2H3/t23-,27?/m0/s1. The number of carbonyl (C=O) groups excluding carboxylic acids is 2. The minimum atomic E-state index is -0.895. The maximum absolute atomic E-state index is 14.9. The molecule has 9 heteroatoms. The second kappa shape index (κ2) is 12.3. The molecule has 2 fully saturated rings. The van der Waals surface area contributed by atoms with Crippen molar-refractivity contribution in [1.82, 2.24) is 9.80 Å². The molecule has 2 aromatic carbocycles. The molecule has 202 valence electrons. The van der Waals surface area contributed by atoms with Crippen molar-refractivity contribution < 1.29 is 23.5 Å². The summed E-state index contributed by atoms with van der Waals surface area (Å²) in [6, 6.07) is 13.2. The lowest BCUT2D eigenvalue weighted by atomic mass is 9.99. The first-order valence-electron chi connectivity index (χ1n) is 13.2. The molecule has 0 spiro atoms. The van der Waals surface area contributed by atoms with Crippen molar-refractivity contribution in [3.8, 4) is 22.9 Å². The van der Waals surface area contributed by atoms with Gasteiger partial charge < -0.3 is 25.0 Å². The van der Waals surface area contributed by atoms with Gasteiger partial charge in [-0.15, -0.1) is 0 Å². The number of halogens is 1.